The molecule has 6 heteroatoms. The SMILES string of the molecule is CC1(Cc2cncnc2)C(=O)N(c2ccccn2)c2ccc(-c3ccc(F)cc3)cc21. The highest BCUT2D eigenvalue weighted by Gasteiger charge is 2.48. The summed E-state index contributed by atoms with van der Waals surface area (Å²) in [5.41, 5.74) is 3.55. The lowest BCUT2D eigenvalue weighted by molar-refractivity contribution is -0.122. The van der Waals surface area contributed by atoms with E-state index in [0.717, 1.165) is 27.9 Å². The number of hydrogen-bond acceptors (Lipinski definition) is 4. The Morgan fingerprint density at radius 1 is 0.968 bits per heavy atom. The van der Waals surface area contributed by atoms with Crippen LogP contribution in [-0.2, 0) is 16.6 Å². The number of carbonyl (C=O) groups excluding carboxylic acids is 1. The molecule has 0 saturated heterocycles. The Morgan fingerprint density at radius 3 is 2.42 bits per heavy atom. The lowest BCUT2D eigenvalue weighted by Crippen LogP contribution is -2.38. The van der Waals surface area contributed by atoms with E-state index in [1.54, 1.807) is 35.6 Å². The standard InChI is InChI=1S/C25H19FN4O/c1-25(13-17-14-27-16-28-15-17)21-12-19(18-5-8-20(26)9-6-18)7-10-22(21)30(24(25)31)23-4-2-3-11-29-23/h2-12,14-16H,13H2,1H3. The molecule has 5 nitrogen and oxygen atoms in total. The summed E-state index contributed by atoms with van der Waals surface area (Å²) < 4.78 is 13.4. The molecule has 0 spiro atoms. The van der Waals surface area contributed by atoms with Gasteiger partial charge in [-0.25, -0.2) is 19.3 Å². The van der Waals surface area contributed by atoms with Crippen molar-refractivity contribution >= 4 is 17.4 Å². The van der Waals surface area contributed by atoms with E-state index in [-0.39, 0.29) is 11.7 Å². The van der Waals surface area contributed by atoms with Gasteiger partial charge in [0.1, 0.15) is 18.0 Å². The second-order valence-corrected chi connectivity index (χ2v) is 7.82. The molecular formula is C25H19FN4O. The van der Waals surface area contributed by atoms with Gasteiger partial charge in [0.05, 0.1) is 11.1 Å². The van der Waals surface area contributed by atoms with E-state index < -0.39 is 5.41 Å². The van der Waals surface area contributed by atoms with Crippen LogP contribution in [0.4, 0.5) is 15.9 Å². The van der Waals surface area contributed by atoms with E-state index in [1.807, 2.05) is 43.3 Å². The molecule has 31 heavy (non-hydrogen) atoms. The fourth-order valence-electron chi connectivity index (χ4n) is 4.18. The Kier molecular flexibility index (Phi) is 4.55. The largest absolute Gasteiger partial charge is 0.273 e. The van der Waals surface area contributed by atoms with Gasteiger partial charge in [0.15, 0.2) is 0 Å². The molecule has 5 rings (SSSR count). The Morgan fingerprint density at radius 2 is 1.71 bits per heavy atom. The smallest absolute Gasteiger partial charge is 0.243 e. The molecule has 0 fully saturated rings. The highest BCUT2D eigenvalue weighted by molar-refractivity contribution is 6.12. The molecule has 0 radical (unpaired) electrons. The number of hydrogen-bond donors (Lipinski definition) is 0. The van der Waals surface area contributed by atoms with Crippen molar-refractivity contribution in [3.8, 4) is 11.1 Å². The van der Waals surface area contributed by atoms with Gasteiger partial charge in [0.25, 0.3) is 0 Å². The highest BCUT2D eigenvalue weighted by atomic mass is 19.1. The Bertz CT molecular complexity index is 1250. The van der Waals surface area contributed by atoms with Crippen molar-refractivity contribution in [1.29, 1.82) is 0 Å². The Hall–Kier alpha value is -3.93. The van der Waals surface area contributed by atoms with Crippen molar-refractivity contribution in [3.63, 3.8) is 0 Å². The highest BCUT2D eigenvalue weighted by Crippen LogP contribution is 2.47. The number of benzene rings is 2. The molecule has 4 aromatic rings. The van der Waals surface area contributed by atoms with Crippen LogP contribution in [0.1, 0.15) is 18.1 Å². The van der Waals surface area contributed by atoms with Gasteiger partial charge in [-0.2, -0.15) is 0 Å². The lowest BCUT2D eigenvalue weighted by atomic mass is 9.78. The molecule has 2 aromatic heterocycles. The minimum Gasteiger partial charge on any atom is -0.273 e. The number of halogens is 1. The van der Waals surface area contributed by atoms with E-state index in [2.05, 4.69) is 15.0 Å². The maximum Gasteiger partial charge on any atom is 0.243 e. The van der Waals surface area contributed by atoms with Gasteiger partial charge in [0, 0.05) is 18.6 Å². The number of fused-ring (bicyclic) bond motifs is 1. The zero-order valence-electron chi connectivity index (χ0n) is 16.9. The number of amides is 1. The molecule has 0 bridgehead atoms. The van der Waals surface area contributed by atoms with Crippen molar-refractivity contribution in [3.05, 3.63) is 103 Å². The van der Waals surface area contributed by atoms with E-state index >= 15 is 0 Å². The first-order valence-corrected chi connectivity index (χ1v) is 9.96. The molecule has 152 valence electrons. The molecule has 0 saturated carbocycles. The molecule has 1 atom stereocenters. The van der Waals surface area contributed by atoms with Gasteiger partial charge in [0.2, 0.25) is 5.91 Å². The molecular weight excluding hydrogens is 391 g/mol. The minimum atomic E-state index is -0.826. The summed E-state index contributed by atoms with van der Waals surface area (Å²) in [4.78, 5) is 28.1. The lowest BCUT2D eigenvalue weighted by Gasteiger charge is -2.24. The third-order valence-electron chi connectivity index (χ3n) is 5.73. The summed E-state index contributed by atoms with van der Waals surface area (Å²) >= 11 is 0. The van der Waals surface area contributed by atoms with Crippen LogP contribution >= 0.6 is 0 Å². The van der Waals surface area contributed by atoms with Crippen molar-refractivity contribution in [2.75, 3.05) is 4.90 Å². The molecule has 2 aromatic carbocycles. The molecule has 1 aliphatic rings. The van der Waals surface area contributed by atoms with Crippen LogP contribution in [0.2, 0.25) is 0 Å². The fourth-order valence-corrected chi connectivity index (χ4v) is 4.18. The van der Waals surface area contributed by atoms with Gasteiger partial charge in [-0.15, -0.1) is 0 Å². The predicted molar refractivity (Wildman–Crippen MR) is 116 cm³/mol. The first-order chi connectivity index (χ1) is 15.1. The van der Waals surface area contributed by atoms with Gasteiger partial charge in [-0.05, 0) is 72.0 Å². The zero-order valence-corrected chi connectivity index (χ0v) is 16.9. The first kappa shape index (κ1) is 19.1. The Labute approximate surface area is 179 Å². The summed E-state index contributed by atoms with van der Waals surface area (Å²) in [7, 11) is 0. The van der Waals surface area contributed by atoms with Crippen LogP contribution in [0, 0.1) is 5.82 Å². The second kappa shape index (κ2) is 7.40. The molecule has 0 N–H and O–H groups in total. The summed E-state index contributed by atoms with van der Waals surface area (Å²) in [5.74, 6) is 0.243. The van der Waals surface area contributed by atoms with Crippen molar-refractivity contribution < 1.29 is 9.18 Å². The molecule has 1 unspecified atom stereocenters. The first-order valence-electron chi connectivity index (χ1n) is 9.96. The third-order valence-corrected chi connectivity index (χ3v) is 5.73. The van der Waals surface area contributed by atoms with Crippen molar-refractivity contribution in [2.45, 2.75) is 18.8 Å². The number of aromatic nitrogens is 3. The number of anilines is 2. The van der Waals surface area contributed by atoms with Crippen molar-refractivity contribution in [2.24, 2.45) is 0 Å². The van der Waals surface area contributed by atoms with Gasteiger partial charge >= 0.3 is 0 Å². The fraction of sp³-hybridized carbons (Fsp3) is 0.120. The average molecular weight is 410 g/mol. The van der Waals surface area contributed by atoms with E-state index in [1.165, 1.54) is 18.5 Å². The summed E-state index contributed by atoms with van der Waals surface area (Å²) in [6, 6.07) is 17.8. The van der Waals surface area contributed by atoms with Gasteiger partial charge in [-0.3, -0.25) is 9.69 Å². The number of pyridine rings is 1. The maximum atomic E-state index is 13.8. The predicted octanol–water partition coefficient (Wildman–Crippen LogP) is 4.86. The van der Waals surface area contributed by atoms with Crippen LogP contribution in [-0.4, -0.2) is 20.9 Å². The van der Waals surface area contributed by atoms with E-state index in [0.29, 0.717) is 12.2 Å². The van der Waals surface area contributed by atoms with Crippen LogP contribution in [0.3, 0.4) is 0 Å². The molecule has 1 aliphatic heterocycles. The molecule has 0 aliphatic carbocycles. The summed E-state index contributed by atoms with van der Waals surface area (Å²) in [5, 5.41) is 0. The topological polar surface area (TPSA) is 59.0 Å². The third kappa shape index (κ3) is 3.26. The number of nitrogens with zero attached hydrogens (tertiary/aromatic N) is 4. The van der Waals surface area contributed by atoms with E-state index in [4.69, 9.17) is 0 Å². The monoisotopic (exact) mass is 410 g/mol. The van der Waals surface area contributed by atoms with Gasteiger partial charge < -0.3 is 0 Å². The summed E-state index contributed by atoms with van der Waals surface area (Å²) in [6.07, 6.45) is 7.08. The number of rotatable bonds is 4. The molecule has 1 amide bonds. The number of carbonyl (C=O) groups is 1. The minimum absolute atomic E-state index is 0.0543. The summed E-state index contributed by atoms with van der Waals surface area (Å²) in [6.45, 7) is 1.94. The zero-order chi connectivity index (χ0) is 21.4. The second-order valence-electron chi connectivity index (χ2n) is 7.82. The molecule has 3 heterocycles. The quantitative estimate of drug-likeness (QED) is 0.482. The van der Waals surface area contributed by atoms with Crippen LogP contribution < -0.4 is 4.90 Å². The van der Waals surface area contributed by atoms with Crippen molar-refractivity contribution in [1.82, 2.24) is 15.0 Å². The van der Waals surface area contributed by atoms with E-state index in [9.17, 15) is 9.18 Å². The van der Waals surface area contributed by atoms with Gasteiger partial charge in [-0.1, -0.05) is 24.3 Å². The Balaban J connectivity index is 1.67. The maximum absolute atomic E-state index is 13.8. The van der Waals surface area contributed by atoms with Crippen LogP contribution in [0.5, 0.6) is 0 Å². The normalized spacial score (nSPS) is 17.6. The average Bonchev–Trinajstić information content (AvgIpc) is 3.02. The van der Waals surface area contributed by atoms with Crippen LogP contribution in [0.25, 0.3) is 11.1 Å². The van der Waals surface area contributed by atoms with Crippen LogP contribution in [0.15, 0.2) is 85.6 Å².